The number of amides is 1. The Kier molecular flexibility index (Phi) is 5.58. The molecule has 1 aromatic carbocycles. The fraction of sp³-hybridized carbons (Fsp3) is 0.455. The van der Waals surface area contributed by atoms with Crippen molar-refractivity contribution in [2.24, 2.45) is 0 Å². The van der Waals surface area contributed by atoms with Crippen molar-refractivity contribution >= 4 is 29.1 Å². The van der Waals surface area contributed by atoms with Crippen molar-refractivity contribution < 1.29 is 9.59 Å². The third kappa shape index (κ3) is 3.64. The van der Waals surface area contributed by atoms with Crippen LogP contribution < -0.4 is 5.01 Å². The van der Waals surface area contributed by atoms with Gasteiger partial charge in [-0.15, -0.1) is 10.2 Å². The van der Waals surface area contributed by atoms with Crippen LogP contribution in [0.2, 0.25) is 0 Å². The molecule has 4 rings (SSSR count). The molecule has 29 heavy (non-hydrogen) atoms. The van der Waals surface area contributed by atoms with Crippen molar-refractivity contribution in [3.8, 4) is 0 Å². The largest absolute Gasteiger partial charge is 0.294 e. The summed E-state index contributed by atoms with van der Waals surface area (Å²) in [5, 5.41) is 10.5. The van der Waals surface area contributed by atoms with Gasteiger partial charge < -0.3 is 0 Å². The molecule has 1 amide bonds. The highest BCUT2D eigenvalue weighted by atomic mass is 32.2. The van der Waals surface area contributed by atoms with Crippen molar-refractivity contribution in [3.63, 3.8) is 0 Å². The molecular weight excluding hydrogens is 384 g/mol. The number of allylic oxidation sites excluding steroid dienone is 1. The zero-order valence-electron chi connectivity index (χ0n) is 17.1. The predicted octanol–water partition coefficient (Wildman–Crippen LogP) is 4.44. The fourth-order valence-corrected chi connectivity index (χ4v) is 5.24. The van der Waals surface area contributed by atoms with E-state index >= 15 is 0 Å². The number of ketones is 1. The van der Waals surface area contributed by atoms with Gasteiger partial charge in [-0.2, -0.15) is 0 Å². The van der Waals surface area contributed by atoms with Crippen LogP contribution in [0, 0.1) is 0 Å². The highest BCUT2D eigenvalue weighted by Crippen LogP contribution is 2.40. The van der Waals surface area contributed by atoms with E-state index in [1.807, 2.05) is 19.1 Å². The summed E-state index contributed by atoms with van der Waals surface area (Å²) in [4.78, 5) is 25.7. The number of carbonyl (C=O) groups is 2. The van der Waals surface area contributed by atoms with Crippen LogP contribution in [0.4, 0.5) is 0 Å². The van der Waals surface area contributed by atoms with Crippen LogP contribution in [-0.2, 0) is 16.0 Å². The summed E-state index contributed by atoms with van der Waals surface area (Å²) < 4.78 is 1.74. The molecule has 1 fully saturated rings. The molecule has 6 nitrogen and oxygen atoms in total. The summed E-state index contributed by atoms with van der Waals surface area (Å²) in [5.74, 6) is 1.05. The van der Waals surface area contributed by atoms with E-state index in [-0.39, 0.29) is 11.7 Å². The van der Waals surface area contributed by atoms with E-state index in [0.717, 1.165) is 5.56 Å². The van der Waals surface area contributed by atoms with Crippen LogP contribution in [0.3, 0.4) is 0 Å². The monoisotopic (exact) mass is 410 g/mol. The normalized spacial score (nSPS) is 17.4. The number of thioether (sulfide) groups is 1. The second-order valence-electron chi connectivity index (χ2n) is 7.69. The van der Waals surface area contributed by atoms with Crippen molar-refractivity contribution in [1.29, 1.82) is 0 Å². The van der Waals surface area contributed by atoms with Crippen molar-refractivity contribution in [1.82, 2.24) is 14.9 Å². The lowest BCUT2D eigenvalue weighted by Crippen LogP contribution is -2.41. The Morgan fingerprint density at radius 1 is 1.07 bits per heavy atom. The first kappa shape index (κ1) is 19.9. The van der Waals surface area contributed by atoms with Gasteiger partial charge in [-0.05, 0) is 43.0 Å². The SMILES string of the molecule is CCc1nnc2n1N(C(C)=O)C(c1ccc(C3CCCCC3)cc1)=C(C(C)=O)S2. The summed E-state index contributed by atoms with van der Waals surface area (Å²) in [7, 11) is 0. The lowest BCUT2D eigenvalue weighted by molar-refractivity contribution is -0.117. The predicted molar refractivity (Wildman–Crippen MR) is 114 cm³/mol. The van der Waals surface area contributed by atoms with Crippen LogP contribution in [0.15, 0.2) is 34.3 Å². The molecule has 0 bridgehead atoms. The maximum absolute atomic E-state index is 12.7. The number of fused-ring (bicyclic) bond motifs is 1. The lowest BCUT2D eigenvalue weighted by atomic mass is 9.84. The van der Waals surface area contributed by atoms with E-state index in [1.165, 1.54) is 63.3 Å². The summed E-state index contributed by atoms with van der Waals surface area (Å²) in [6.07, 6.45) is 7.02. The van der Waals surface area contributed by atoms with E-state index < -0.39 is 0 Å². The van der Waals surface area contributed by atoms with E-state index in [4.69, 9.17) is 0 Å². The van der Waals surface area contributed by atoms with Crippen LogP contribution in [0.1, 0.15) is 75.7 Å². The van der Waals surface area contributed by atoms with Gasteiger partial charge in [0.15, 0.2) is 11.6 Å². The number of hydrogen-bond acceptors (Lipinski definition) is 5. The Hall–Kier alpha value is -2.41. The Morgan fingerprint density at radius 2 is 1.76 bits per heavy atom. The average molecular weight is 411 g/mol. The number of Topliss-reactive ketones (excluding diaryl/α,β-unsaturated/α-hetero) is 1. The van der Waals surface area contributed by atoms with Crippen LogP contribution in [0.25, 0.3) is 5.70 Å². The van der Waals surface area contributed by atoms with Gasteiger partial charge in [-0.25, -0.2) is 9.69 Å². The molecule has 152 valence electrons. The molecule has 7 heteroatoms. The van der Waals surface area contributed by atoms with E-state index in [0.29, 0.717) is 33.9 Å². The first-order chi connectivity index (χ1) is 14.0. The molecule has 1 aliphatic carbocycles. The van der Waals surface area contributed by atoms with Crippen LogP contribution in [-0.4, -0.2) is 26.6 Å². The maximum atomic E-state index is 12.7. The molecule has 0 spiro atoms. The molecule has 0 N–H and O–H groups in total. The fourth-order valence-electron chi connectivity index (χ4n) is 4.26. The number of carbonyl (C=O) groups excluding carboxylic acids is 2. The minimum atomic E-state index is -0.175. The third-order valence-electron chi connectivity index (χ3n) is 5.69. The second-order valence-corrected chi connectivity index (χ2v) is 8.67. The first-order valence-corrected chi connectivity index (χ1v) is 11.1. The number of aryl methyl sites for hydroxylation is 1. The number of rotatable bonds is 4. The first-order valence-electron chi connectivity index (χ1n) is 10.3. The summed E-state index contributed by atoms with van der Waals surface area (Å²) in [6, 6.07) is 8.39. The lowest BCUT2D eigenvalue weighted by Gasteiger charge is -2.32. The number of nitrogens with zero attached hydrogens (tertiary/aromatic N) is 4. The third-order valence-corrected chi connectivity index (χ3v) is 6.81. The molecule has 2 aromatic rings. The zero-order chi connectivity index (χ0) is 20.5. The topological polar surface area (TPSA) is 68.1 Å². The Balaban J connectivity index is 1.79. The van der Waals surface area contributed by atoms with Gasteiger partial charge in [-0.1, -0.05) is 50.5 Å². The van der Waals surface area contributed by atoms with Crippen molar-refractivity contribution in [2.75, 3.05) is 5.01 Å². The minimum absolute atomic E-state index is 0.0834. The summed E-state index contributed by atoms with van der Waals surface area (Å²) in [6.45, 7) is 5.01. The highest BCUT2D eigenvalue weighted by molar-refractivity contribution is 8.04. The standard InChI is InChI=1S/C22H26N4O2S/c1-4-19-23-24-22-26(19)25(15(3)28)20(21(29-22)14(2)27)18-12-10-17(11-13-18)16-8-6-5-7-9-16/h10-13,16H,4-9H2,1-3H3. The average Bonchev–Trinajstić information content (AvgIpc) is 3.15. The van der Waals surface area contributed by atoms with Crippen molar-refractivity contribution in [2.45, 2.75) is 70.4 Å². The van der Waals surface area contributed by atoms with Gasteiger partial charge in [0, 0.05) is 18.9 Å². The molecule has 0 unspecified atom stereocenters. The van der Waals surface area contributed by atoms with Gasteiger partial charge in [0.1, 0.15) is 0 Å². The van der Waals surface area contributed by atoms with E-state index in [1.54, 1.807) is 9.69 Å². The second kappa shape index (κ2) is 8.14. The number of benzene rings is 1. The van der Waals surface area contributed by atoms with Gasteiger partial charge in [-0.3, -0.25) is 9.59 Å². The maximum Gasteiger partial charge on any atom is 0.243 e. The Bertz CT molecular complexity index is 971. The van der Waals surface area contributed by atoms with E-state index in [2.05, 4.69) is 22.3 Å². The molecule has 0 atom stereocenters. The molecule has 1 aromatic heterocycles. The van der Waals surface area contributed by atoms with Gasteiger partial charge in [0.25, 0.3) is 0 Å². The summed E-state index contributed by atoms with van der Waals surface area (Å²) >= 11 is 1.28. The number of aromatic nitrogens is 3. The smallest absolute Gasteiger partial charge is 0.243 e. The Morgan fingerprint density at radius 3 is 2.34 bits per heavy atom. The zero-order valence-corrected chi connectivity index (χ0v) is 18.0. The highest BCUT2D eigenvalue weighted by Gasteiger charge is 2.34. The molecule has 1 aliphatic heterocycles. The Labute approximate surface area is 175 Å². The van der Waals surface area contributed by atoms with Gasteiger partial charge in [0.2, 0.25) is 11.1 Å². The summed E-state index contributed by atoms with van der Waals surface area (Å²) in [5.41, 5.74) is 2.82. The van der Waals surface area contributed by atoms with Crippen LogP contribution in [0.5, 0.6) is 0 Å². The molecule has 0 saturated heterocycles. The molecule has 0 radical (unpaired) electrons. The molecule has 2 aliphatic rings. The van der Waals surface area contributed by atoms with Crippen LogP contribution >= 0.6 is 11.8 Å². The minimum Gasteiger partial charge on any atom is -0.294 e. The van der Waals surface area contributed by atoms with Crippen molar-refractivity contribution in [3.05, 3.63) is 46.1 Å². The van der Waals surface area contributed by atoms with E-state index in [9.17, 15) is 9.59 Å². The molecular formula is C22H26N4O2S. The molecule has 2 heterocycles. The van der Waals surface area contributed by atoms with Gasteiger partial charge >= 0.3 is 0 Å². The van der Waals surface area contributed by atoms with Gasteiger partial charge in [0.05, 0.1) is 10.6 Å². The quantitative estimate of drug-likeness (QED) is 0.746. The number of hydrogen-bond donors (Lipinski definition) is 0. The molecule has 1 saturated carbocycles.